The maximum Gasteiger partial charge on any atom is 0.340 e. The van der Waals surface area contributed by atoms with Crippen molar-refractivity contribution in [3.63, 3.8) is 0 Å². The minimum Gasteiger partial charge on any atom is -0.465 e. The van der Waals surface area contributed by atoms with Crippen molar-refractivity contribution in [1.29, 1.82) is 0 Å². The molecular weight excluding hydrogens is 350 g/mol. The fourth-order valence-corrected chi connectivity index (χ4v) is 3.48. The standard InChI is InChI=1S/C16H14ClN3O3S/c1-20(15(21)14-10(17)6-7-24-14)8-12-18-11-5-3-4-9(13(11)19-12)16(22)23-2/h3-7H,8H2,1-2H3,(H,18,19). The quantitative estimate of drug-likeness (QED) is 0.721. The fraction of sp³-hybridized carbons (Fsp3) is 0.188. The number of imidazole rings is 1. The van der Waals surface area contributed by atoms with E-state index in [9.17, 15) is 9.59 Å². The van der Waals surface area contributed by atoms with E-state index >= 15 is 0 Å². The van der Waals surface area contributed by atoms with Crippen LogP contribution in [0.5, 0.6) is 0 Å². The number of nitrogens with zero attached hydrogens (tertiary/aromatic N) is 2. The number of methoxy groups -OCH3 is 1. The molecule has 0 aliphatic carbocycles. The minimum absolute atomic E-state index is 0.177. The third-order valence-electron chi connectivity index (χ3n) is 3.52. The van der Waals surface area contributed by atoms with E-state index in [1.54, 1.807) is 36.7 Å². The molecule has 8 heteroatoms. The van der Waals surface area contributed by atoms with Crippen LogP contribution in [-0.2, 0) is 11.3 Å². The number of benzene rings is 1. The number of halogens is 1. The zero-order valence-electron chi connectivity index (χ0n) is 13.0. The lowest BCUT2D eigenvalue weighted by Gasteiger charge is -2.14. The topological polar surface area (TPSA) is 75.3 Å². The number of fused-ring (bicyclic) bond motifs is 1. The number of esters is 1. The summed E-state index contributed by atoms with van der Waals surface area (Å²) in [7, 11) is 3.00. The molecule has 124 valence electrons. The van der Waals surface area contributed by atoms with Crippen molar-refractivity contribution in [1.82, 2.24) is 14.9 Å². The van der Waals surface area contributed by atoms with Crippen LogP contribution >= 0.6 is 22.9 Å². The number of hydrogen-bond donors (Lipinski definition) is 1. The Morgan fingerprint density at radius 1 is 1.38 bits per heavy atom. The number of nitrogens with one attached hydrogen (secondary N) is 1. The molecule has 0 fully saturated rings. The number of carbonyl (C=O) groups excluding carboxylic acids is 2. The van der Waals surface area contributed by atoms with Gasteiger partial charge in [0.15, 0.2) is 0 Å². The summed E-state index contributed by atoms with van der Waals surface area (Å²) >= 11 is 7.30. The van der Waals surface area contributed by atoms with E-state index in [2.05, 4.69) is 9.97 Å². The van der Waals surface area contributed by atoms with E-state index in [1.165, 1.54) is 23.3 Å². The predicted molar refractivity (Wildman–Crippen MR) is 92.6 cm³/mol. The number of aromatic amines is 1. The van der Waals surface area contributed by atoms with E-state index < -0.39 is 5.97 Å². The first-order chi connectivity index (χ1) is 11.5. The molecule has 0 radical (unpaired) electrons. The molecule has 3 rings (SSSR count). The van der Waals surface area contributed by atoms with Crippen LogP contribution < -0.4 is 0 Å². The number of hydrogen-bond acceptors (Lipinski definition) is 5. The minimum atomic E-state index is -0.439. The molecule has 3 aromatic rings. The van der Waals surface area contributed by atoms with Gasteiger partial charge in [-0.05, 0) is 23.6 Å². The van der Waals surface area contributed by atoms with Crippen LogP contribution in [0, 0.1) is 0 Å². The lowest BCUT2D eigenvalue weighted by atomic mass is 10.2. The first-order valence-corrected chi connectivity index (χ1v) is 8.31. The lowest BCUT2D eigenvalue weighted by Crippen LogP contribution is -2.26. The second-order valence-electron chi connectivity index (χ2n) is 5.13. The summed E-state index contributed by atoms with van der Waals surface area (Å²) in [6, 6.07) is 6.88. The molecule has 0 saturated carbocycles. The number of carbonyl (C=O) groups is 2. The van der Waals surface area contributed by atoms with E-state index in [0.29, 0.717) is 32.3 Å². The average molecular weight is 364 g/mol. The summed E-state index contributed by atoms with van der Waals surface area (Å²) in [5.74, 6) is -0.0425. The Morgan fingerprint density at radius 3 is 2.83 bits per heavy atom. The van der Waals surface area contributed by atoms with E-state index in [4.69, 9.17) is 16.3 Å². The van der Waals surface area contributed by atoms with Gasteiger partial charge in [0, 0.05) is 7.05 Å². The van der Waals surface area contributed by atoms with Gasteiger partial charge in [-0.3, -0.25) is 4.79 Å². The fourth-order valence-electron chi connectivity index (χ4n) is 2.35. The van der Waals surface area contributed by atoms with Gasteiger partial charge < -0.3 is 14.6 Å². The number of H-pyrrole nitrogens is 1. The number of rotatable bonds is 4. The average Bonchev–Trinajstić information content (AvgIpc) is 3.18. The number of amides is 1. The van der Waals surface area contributed by atoms with Crippen LogP contribution in [0.3, 0.4) is 0 Å². The summed E-state index contributed by atoms with van der Waals surface area (Å²) in [4.78, 5) is 33.7. The van der Waals surface area contributed by atoms with Gasteiger partial charge in [0.2, 0.25) is 0 Å². The molecule has 0 unspecified atom stereocenters. The summed E-state index contributed by atoms with van der Waals surface area (Å²) in [6.07, 6.45) is 0. The second kappa shape index (κ2) is 6.62. The molecule has 0 aliphatic heterocycles. The first-order valence-electron chi connectivity index (χ1n) is 7.05. The third-order valence-corrected chi connectivity index (χ3v) is 4.85. The summed E-state index contributed by atoms with van der Waals surface area (Å²) in [5.41, 5.74) is 1.64. The molecule has 0 saturated heterocycles. The molecule has 24 heavy (non-hydrogen) atoms. The smallest absolute Gasteiger partial charge is 0.340 e. The van der Waals surface area contributed by atoms with E-state index in [-0.39, 0.29) is 12.5 Å². The predicted octanol–water partition coefficient (Wildman–Crippen LogP) is 3.34. The van der Waals surface area contributed by atoms with Gasteiger partial charge >= 0.3 is 5.97 Å². The number of ether oxygens (including phenoxy) is 1. The van der Waals surface area contributed by atoms with Gasteiger partial charge in [-0.15, -0.1) is 11.3 Å². The molecule has 6 nitrogen and oxygen atoms in total. The highest BCUT2D eigenvalue weighted by atomic mass is 35.5. The van der Waals surface area contributed by atoms with Gasteiger partial charge in [-0.2, -0.15) is 0 Å². The van der Waals surface area contributed by atoms with Crippen LogP contribution in [0.25, 0.3) is 11.0 Å². The van der Waals surface area contributed by atoms with Crippen molar-refractivity contribution in [2.24, 2.45) is 0 Å². The summed E-state index contributed by atoms with van der Waals surface area (Å²) in [5, 5.41) is 2.21. The SMILES string of the molecule is COC(=O)c1cccc2nc(CN(C)C(=O)c3sccc3Cl)[nH]c12. The maximum absolute atomic E-state index is 12.4. The molecule has 0 aliphatic rings. The molecule has 2 aromatic heterocycles. The molecule has 0 spiro atoms. The van der Waals surface area contributed by atoms with Crippen LogP contribution in [0.2, 0.25) is 5.02 Å². The molecule has 2 heterocycles. The molecule has 1 amide bonds. The third kappa shape index (κ3) is 3.00. The number of aromatic nitrogens is 2. The molecular formula is C16H14ClN3O3S. The second-order valence-corrected chi connectivity index (χ2v) is 6.46. The Hall–Kier alpha value is -2.38. The van der Waals surface area contributed by atoms with Crippen molar-refractivity contribution in [2.45, 2.75) is 6.54 Å². The normalized spacial score (nSPS) is 10.8. The van der Waals surface area contributed by atoms with Gasteiger partial charge in [0.1, 0.15) is 10.7 Å². The monoisotopic (exact) mass is 363 g/mol. The maximum atomic E-state index is 12.4. The molecule has 1 aromatic carbocycles. The highest BCUT2D eigenvalue weighted by molar-refractivity contribution is 7.12. The Morgan fingerprint density at radius 2 is 2.17 bits per heavy atom. The molecule has 0 atom stereocenters. The Bertz CT molecular complexity index is 918. The Kier molecular flexibility index (Phi) is 4.55. The summed E-state index contributed by atoms with van der Waals surface area (Å²) < 4.78 is 4.77. The van der Waals surface area contributed by atoms with Crippen molar-refractivity contribution in [3.8, 4) is 0 Å². The first kappa shape index (κ1) is 16.5. The van der Waals surface area contributed by atoms with Gasteiger partial charge in [-0.25, -0.2) is 9.78 Å². The lowest BCUT2D eigenvalue weighted by molar-refractivity contribution is 0.0602. The zero-order chi connectivity index (χ0) is 17.3. The summed E-state index contributed by atoms with van der Waals surface area (Å²) in [6.45, 7) is 0.266. The Labute approximate surface area is 147 Å². The van der Waals surface area contributed by atoms with Crippen molar-refractivity contribution < 1.29 is 14.3 Å². The van der Waals surface area contributed by atoms with E-state index in [0.717, 1.165) is 0 Å². The van der Waals surface area contributed by atoms with Crippen LogP contribution in [0.15, 0.2) is 29.6 Å². The van der Waals surface area contributed by atoms with Crippen molar-refractivity contribution in [3.05, 3.63) is 50.9 Å². The largest absolute Gasteiger partial charge is 0.465 e. The van der Waals surface area contributed by atoms with Crippen LogP contribution in [-0.4, -0.2) is 40.9 Å². The highest BCUT2D eigenvalue weighted by Gasteiger charge is 2.19. The van der Waals surface area contributed by atoms with Crippen LogP contribution in [0.1, 0.15) is 25.9 Å². The van der Waals surface area contributed by atoms with E-state index in [1.807, 2.05) is 0 Å². The highest BCUT2D eigenvalue weighted by Crippen LogP contribution is 2.24. The van der Waals surface area contributed by atoms with Crippen molar-refractivity contribution in [2.75, 3.05) is 14.2 Å². The number of para-hydroxylation sites is 1. The molecule has 0 bridgehead atoms. The number of thiophene rings is 1. The van der Waals surface area contributed by atoms with Crippen molar-refractivity contribution >= 4 is 45.8 Å². The Balaban J connectivity index is 1.87. The molecule has 1 N–H and O–H groups in total. The van der Waals surface area contributed by atoms with Crippen LogP contribution in [0.4, 0.5) is 0 Å². The van der Waals surface area contributed by atoms with Gasteiger partial charge in [-0.1, -0.05) is 17.7 Å². The van der Waals surface area contributed by atoms with Gasteiger partial charge in [0.25, 0.3) is 5.91 Å². The zero-order valence-corrected chi connectivity index (χ0v) is 14.6. The van der Waals surface area contributed by atoms with Gasteiger partial charge in [0.05, 0.1) is 35.3 Å².